The van der Waals surface area contributed by atoms with Gasteiger partial charge < -0.3 is 53.5 Å². The highest BCUT2D eigenvalue weighted by Gasteiger charge is 2.30. The van der Waals surface area contributed by atoms with Crippen LogP contribution in [0.1, 0.15) is 31.4 Å². The van der Waals surface area contributed by atoms with Crippen molar-refractivity contribution in [2.75, 3.05) is 13.2 Å². The maximum Gasteiger partial charge on any atom is 0.326 e. The third kappa shape index (κ3) is 11.8. The van der Waals surface area contributed by atoms with Crippen LogP contribution in [0.2, 0.25) is 0 Å². The second-order valence-electron chi connectivity index (χ2n) is 7.97. The Labute approximate surface area is 211 Å². The number of aliphatic imine (C=N–C) groups is 1. The molecule has 0 bridgehead atoms. The van der Waals surface area contributed by atoms with Crippen LogP contribution < -0.4 is 33.2 Å². The fourth-order valence-electron chi connectivity index (χ4n) is 3.03. The number of hydrogen-bond donors (Lipinski definition) is 10. The second kappa shape index (κ2) is 15.7. The van der Waals surface area contributed by atoms with E-state index >= 15 is 0 Å². The lowest BCUT2D eigenvalue weighted by Crippen LogP contribution is -2.58. The summed E-state index contributed by atoms with van der Waals surface area (Å²) in [5, 5.41) is 34.4. The number of aliphatic carboxylic acids is 2. The molecule has 3 amide bonds. The fraction of sp³-hybridized carbons (Fsp3) is 0.550. The lowest BCUT2D eigenvalue weighted by atomic mass is 10.1. The number of carbonyl (C=O) groups is 5. The Kier molecular flexibility index (Phi) is 13.0. The number of nitrogens with one attached hydrogen (secondary N) is 4. The van der Waals surface area contributed by atoms with Gasteiger partial charge in [-0.2, -0.15) is 0 Å². The maximum atomic E-state index is 13.1. The monoisotopic (exact) mass is 527 g/mol. The minimum atomic E-state index is -1.53. The van der Waals surface area contributed by atoms with Crippen LogP contribution in [0, 0.1) is 0 Å². The van der Waals surface area contributed by atoms with Crippen LogP contribution in [0.15, 0.2) is 17.5 Å². The number of aromatic amines is 1. The van der Waals surface area contributed by atoms with Gasteiger partial charge in [0.2, 0.25) is 17.7 Å². The zero-order valence-corrected chi connectivity index (χ0v) is 19.9. The van der Waals surface area contributed by atoms with Gasteiger partial charge in [0.05, 0.1) is 12.9 Å². The summed E-state index contributed by atoms with van der Waals surface area (Å²) in [5.74, 6) is -5.40. The van der Waals surface area contributed by atoms with Crippen molar-refractivity contribution < 1.29 is 39.3 Å². The molecule has 0 aromatic carbocycles. The number of rotatable bonds is 17. The number of nitrogens with zero attached hydrogens (tertiary/aromatic N) is 2. The highest BCUT2D eigenvalue weighted by molar-refractivity contribution is 5.94. The first kappa shape index (κ1) is 30.8. The number of aromatic nitrogens is 2. The Morgan fingerprint density at radius 3 is 2.14 bits per heavy atom. The molecule has 17 nitrogen and oxygen atoms in total. The molecule has 4 unspecified atom stereocenters. The van der Waals surface area contributed by atoms with E-state index in [2.05, 4.69) is 30.9 Å². The molecule has 0 aliphatic carbocycles. The average molecular weight is 528 g/mol. The van der Waals surface area contributed by atoms with E-state index in [4.69, 9.17) is 27.4 Å². The summed E-state index contributed by atoms with van der Waals surface area (Å²) in [6.45, 7) is -0.540. The molecule has 1 aromatic heterocycles. The van der Waals surface area contributed by atoms with Gasteiger partial charge in [-0.15, -0.1) is 0 Å². The number of aliphatic hydroxyl groups excluding tert-OH is 1. The Morgan fingerprint density at radius 1 is 0.973 bits per heavy atom. The molecule has 0 fully saturated rings. The van der Waals surface area contributed by atoms with Gasteiger partial charge in [-0.1, -0.05) is 0 Å². The summed E-state index contributed by atoms with van der Waals surface area (Å²) >= 11 is 0. The van der Waals surface area contributed by atoms with Crippen LogP contribution in [-0.2, 0) is 30.4 Å². The van der Waals surface area contributed by atoms with Gasteiger partial charge in [-0.25, -0.2) is 9.78 Å². The van der Waals surface area contributed by atoms with E-state index in [1.54, 1.807) is 0 Å². The van der Waals surface area contributed by atoms with Crippen molar-refractivity contribution in [3.8, 4) is 0 Å². The zero-order chi connectivity index (χ0) is 28.0. The van der Waals surface area contributed by atoms with Gasteiger partial charge >= 0.3 is 11.9 Å². The summed E-state index contributed by atoms with van der Waals surface area (Å²) in [6, 6.07) is -5.37. The van der Waals surface area contributed by atoms with E-state index in [1.807, 2.05) is 0 Å². The van der Waals surface area contributed by atoms with Gasteiger partial charge in [-0.05, 0) is 19.3 Å². The van der Waals surface area contributed by atoms with Gasteiger partial charge in [0.15, 0.2) is 5.96 Å². The molecule has 206 valence electrons. The van der Waals surface area contributed by atoms with Gasteiger partial charge in [-0.3, -0.25) is 24.2 Å². The number of carboxylic acids is 2. The molecule has 1 rings (SSSR count). The molecule has 0 aliphatic heterocycles. The Balaban J connectivity index is 3.07. The van der Waals surface area contributed by atoms with E-state index in [0.29, 0.717) is 5.69 Å². The molecule has 4 atom stereocenters. The lowest BCUT2D eigenvalue weighted by molar-refractivity contribution is -0.143. The molecule has 0 radical (unpaired) electrons. The summed E-state index contributed by atoms with van der Waals surface area (Å²) < 4.78 is 0. The third-order valence-corrected chi connectivity index (χ3v) is 4.99. The van der Waals surface area contributed by atoms with Crippen LogP contribution in [0.4, 0.5) is 0 Å². The normalized spacial score (nSPS) is 13.9. The maximum absolute atomic E-state index is 13.1. The third-order valence-electron chi connectivity index (χ3n) is 4.99. The van der Waals surface area contributed by atoms with Crippen molar-refractivity contribution in [2.45, 2.75) is 56.3 Å². The fourth-order valence-corrected chi connectivity index (χ4v) is 3.03. The molecular formula is C20H33N9O8. The minimum absolute atomic E-state index is 0.0290. The SMILES string of the molecule is NC(N)=NCCCC(NC(=O)C(N)CO)C(=O)NC(Cc1cnc[nH]1)C(=O)NC(CCC(=O)O)C(=O)O. The number of guanidine groups is 1. The molecule has 1 aromatic rings. The van der Waals surface area contributed by atoms with Crippen molar-refractivity contribution >= 4 is 35.6 Å². The van der Waals surface area contributed by atoms with E-state index in [9.17, 15) is 29.1 Å². The van der Waals surface area contributed by atoms with E-state index in [-0.39, 0.29) is 38.2 Å². The van der Waals surface area contributed by atoms with Gasteiger partial charge in [0.25, 0.3) is 0 Å². The van der Waals surface area contributed by atoms with Crippen LogP contribution in [0.5, 0.6) is 0 Å². The van der Waals surface area contributed by atoms with E-state index in [0.717, 1.165) is 0 Å². The molecule has 17 heteroatoms. The Morgan fingerprint density at radius 2 is 1.59 bits per heavy atom. The quantitative estimate of drug-likeness (QED) is 0.0523. The number of H-pyrrole nitrogens is 1. The van der Waals surface area contributed by atoms with Crippen molar-refractivity contribution in [2.24, 2.45) is 22.2 Å². The summed E-state index contributed by atoms with van der Waals surface area (Å²) in [5.41, 5.74) is 16.5. The smallest absolute Gasteiger partial charge is 0.326 e. The highest BCUT2D eigenvalue weighted by Crippen LogP contribution is 2.06. The number of carbonyl (C=O) groups excluding carboxylic acids is 3. The number of hydrogen-bond acceptors (Lipinski definition) is 9. The largest absolute Gasteiger partial charge is 0.481 e. The van der Waals surface area contributed by atoms with E-state index < -0.39 is 66.9 Å². The number of aliphatic hydroxyl groups is 1. The molecule has 0 saturated heterocycles. The predicted octanol–water partition coefficient (Wildman–Crippen LogP) is -4.27. The van der Waals surface area contributed by atoms with Crippen LogP contribution in [-0.4, -0.2) is 98.2 Å². The average Bonchev–Trinajstić information content (AvgIpc) is 3.34. The molecule has 0 aliphatic rings. The first-order valence-corrected chi connectivity index (χ1v) is 11.2. The summed E-state index contributed by atoms with van der Waals surface area (Å²) in [4.78, 5) is 70.9. The van der Waals surface area contributed by atoms with Crippen LogP contribution in [0.3, 0.4) is 0 Å². The molecule has 0 spiro atoms. The first-order chi connectivity index (χ1) is 17.4. The van der Waals surface area contributed by atoms with Crippen molar-refractivity contribution in [3.63, 3.8) is 0 Å². The number of amides is 3. The van der Waals surface area contributed by atoms with Crippen molar-refractivity contribution in [1.82, 2.24) is 25.9 Å². The van der Waals surface area contributed by atoms with Gasteiger partial charge in [0, 0.05) is 31.3 Å². The van der Waals surface area contributed by atoms with Crippen LogP contribution >= 0.6 is 0 Å². The molecular weight excluding hydrogens is 494 g/mol. The van der Waals surface area contributed by atoms with E-state index in [1.165, 1.54) is 12.5 Å². The zero-order valence-electron chi connectivity index (χ0n) is 19.9. The predicted molar refractivity (Wildman–Crippen MR) is 128 cm³/mol. The van der Waals surface area contributed by atoms with Crippen LogP contribution in [0.25, 0.3) is 0 Å². The molecule has 0 saturated carbocycles. The number of imidazole rings is 1. The second-order valence-corrected chi connectivity index (χ2v) is 7.97. The molecule has 37 heavy (non-hydrogen) atoms. The topological polar surface area (TPSA) is 301 Å². The highest BCUT2D eigenvalue weighted by atomic mass is 16.4. The summed E-state index contributed by atoms with van der Waals surface area (Å²) in [6.07, 6.45) is 1.98. The molecule has 1 heterocycles. The van der Waals surface area contributed by atoms with Gasteiger partial charge in [0.1, 0.15) is 24.2 Å². The van der Waals surface area contributed by atoms with Crippen molar-refractivity contribution in [1.29, 1.82) is 0 Å². The standard InChI is InChI=1S/C20H33N9O8/c21-11(8-30)16(33)27-12(2-1-5-25-20(22)23)17(34)29-14(6-10-7-24-9-26-10)18(35)28-13(19(36)37)3-4-15(31)32/h7,9,11-14,30H,1-6,8,21H2,(H,24,26)(H,27,33)(H,28,35)(H,29,34)(H,31,32)(H,36,37)(H4,22,23,25). The number of carboxylic acid groups (broad SMARTS) is 2. The van der Waals surface area contributed by atoms with Crippen molar-refractivity contribution in [3.05, 3.63) is 18.2 Å². The first-order valence-electron chi connectivity index (χ1n) is 11.2. The Bertz CT molecular complexity index is 950. The Hall–Kier alpha value is -4.25. The lowest BCUT2D eigenvalue weighted by Gasteiger charge is -2.25. The minimum Gasteiger partial charge on any atom is -0.481 e. The summed E-state index contributed by atoms with van der Waals surface area (Å²) in [7, 11) is 0. The number of nitrogens with two attached hydrogens (primary N) is 3. The molecule has 13 N–H and O–H groups in total.